The third-order valence-corrected chi connectivity index (χ3v) is 6.97. The Kier molecular flexibility index (Phi) is 12.7. The molecule has 42 heavy (non-hydrogen) atoms. The van der Waals surface area contributed by atoms with Crippen molar-refractivity contribution >= 4 is 12.2 Å². The van der Waals surface area contributed by atoms with E-state index in [9.17, 15) is 9.59 Å². The Morgan fingerprint density at radius 1 is 0.738 bits per heavy atom. The average molecular weight is 581 g/mol. The third kappa shape index (κ3) is 12.8. The van der Waals surface area contributed by atoms with Crippen molar-refractivity contribution in [3.05, 3.63) is 71.8 Å². The fraction of sp³-hybridized carbons (Fsp3) is 0.588. The lowest BCUT2D eigenvalue weighted by Gasteiger charge is -2.33. The summed E-state index contributed by atoms with van der Waals surface area (Å²) in [7, 11) is 0. The van der Waals surface area contributed by atoms with Gasteiger partial charge in [0.25, 0.3) is 0 Å². The monoisotopic (exact) mass is 580 g/mol. The molecular formula is C34H52N4O4. The van der Waals surface area contributed by atoms with Crippen LogP contribution in [-0.2, 0) is 22.4 Å². The van der Waals surface area contributed by atoms with Gasteiger partial charge in [0.2, 0.25) is 0 Å². The Hall–Kier alpha value is -3.10. The van der Waals surface area contributed by atoms with Crippen LogP contribution in [0.4, 0.5) is 9.59 Å². The van der Waals surface area contributed by atoms with Crippen molar-refractivity contribution in [2.75, 3.05) is 52.4 Å². The lowest BCUT2D eigenvalue weighted by atomic mass is 9.98. The van der Waals surface area contributed by atoms with Crippen molar-refractivity contribution in [3.63, 3.8) is 0 Å². The number of ether oxygens (including phenoxy) is 2. The highest BCUT2D eigenvalue weighted by Crippen LogP contribution is 2.16. The van der Waals surface area contributed by atoms with Gasteiger partial charge in [-0.3, -0.25) is 4.90 Å². The van der Waals surface area contributed by atoms with Gasteiger partial charge in [-0.1, -0.05) is 60.7 Å². The van der Waals surface area contributed by atoms with Crippen LogP contribution in [0, 0.1) is 5.92 Å². The first kappa shape index (κ1) is 33.4. The van der Waals surface area contributed by atoms with Gasteiger partial charge in [0.1, 0.15) is 11.2 Å². The van der Waals surface area contributed by atoms with Crippen LogP contribution in [0.2, 0.25) is 0 Å². The van der Waals surface area contributed by atoms with Gasteiger partial charge in [-0.2, -0.15) is 0 Å². The summed E-state index contributed by atoms with van der Waals surface area (Å²) < 4.78 is 11.5. The zero-order chi connectivity index (χ0) is 30.6. The number of hydrogen-bond donors (Lipinski definition) is 1. The van der Waals surface area contributed by atoms with Gasteiger partial charge in [-0.15, -0.1) is 0 Å². The molecule has 0 radical (unpaired) electrons. The van der Waals surface area contributed by atoms with Crippen molar-refractivity contribution in [2.45, 2.75) is 72.1 Å². The maximum atomic E-state index is 13.3. The normalized spacial score (nSPS) is 18.7. The number of nitrogens with zero attached hydrogens (tertiary/aromatic N) is 3. The number of nitrogens with one attached hydrogen (secondary N) is 1. The first-order valence-corrected chi connectivity index (χ1v) is 15.3. The number of hydrogen-bond acceptors (Lipinski definition) is 6. The van der Waals surface area contributed by atoms with Crippen LogP contribution in [-0.4, -0.2) is 90.4 Å². The number of carbonyl (C=O) groups is 2. The van der Waals surface area contributed by atoms with E-state index in [1.165, 1.54) is 11.1 Å². The number of amides is 2. The van der Waals surface area contributed by atoms with E-state index in [1.54, 1.807) is 9.80 Å². The minimum absolute atomic E-state index is 0.319. The molecule has 2 aromatic carbocycles. The lowest BCUT2D eigenvalue weighted by Crippen LogP contribution is -2.46. The fourth-order valence-electron chi connectivity index (χ4n) is 5.07. The highest BCUT2D eigenvalue weighted by atomic mass is 16.6. The number of benzene rings is 2. The molecule has 8 nitrogen and oxygen atoms in total. The summed E-state index contributed by atoms with van der Waals surface area (Å²) in [6, 6.07) is 21.1. The van der Waals surface area contributed by atoms with Crippen LogP contribution in [0.1, 0.15) is 59.1 Å². The molecule has 0 spiro atoms. The predicted octanol–water partition coefficient (Wildman–Crippen LogP) is 5.82. The van der Waals surface area contributed by atoms with E-state index in [1.807, 2.05) is 53.7 Å². The lowest BCUT2D eigenvalue weighted by molar-refractivity contribution is 0.0188. The van der Waals surface area contributed by atoms with Crippen LogP contribution in [0.3, 0.4) is 0 Å². The molecule has 1 aliphatic rings. The molecule has 1 fully saturated rings. The van der Waals surface area contributed by atoms with Gasteiger partial charge in [0, 0.05) is 52.4 Å². The Bertz CT molecular complexity index is 1080. The molecule has 2 aromatic rings. The second kappa shape index (κ2) is 15.9. The summed E-state index contributed by atoms with van der Waals surface area (Å²) in [5.41, 5.74) is 1.39. The van der Waals surface area contributed by atoms with E-state index >= 15 is 0 Å². The molecule has 1 atom stereocenters. The standard InChI is InChI=1S/C34H52N4O4/c1-33(2,3)41-31(39)37-19-13-20-38(32(40)42-34(4,5)6)23-22-36(26-29-16-11-8-12-17-29)27-30(25-35-18-21-37)24-28-14-9-7-10-15-28/h7-12,14-17,30,35H,13,18-27H2,1-6H3. The molecule has 1 N–H and O–H groups in total. The Labute approximate surface area is 253 Å². The first-order chi connectivity index (χ1) is 19.9. The van der Waals surface area contributed by atoms with Crippen molar-refractivity contribution in [1.29, 1.82) is 0 Å². The van der Waals surface area contributed by atoms with Crippen LogP contribution >= 0.6 is 0 Å². The van der Waals surface area contributed by atoms with Gasteiger partial charge in [0.05, 0.1) is 0 Å². The van der Waals surface area contributed by atoms with Crippen LogP contribution in [0.5, 0.6) is 0 Å². The van der Waals surface area contributed by atoms with Crippen LogP contribution < -0.4 is 5.32 Å². The first-order valence-electron chi connectivity index (χ1n) is 15.3. The minimum Gasteiger partial charge on any atom is -0.444 e. The maximum Gasteiger partial charge on any atom is 0.410 e. The van der Waals surface area contributed by atoms with Gasteiger partial charge >= 0.3 is 12.2 Å². The number of carbonyl (C=O) groups excluding carboxylic acids is 2. The zero-order valence-electron chi connectivity index (χ0n) is 26.6. The molecule has 3 rings (SSSR count). The third-order valence-electron chi connectivity index (χ3n) is 6.97. The summed E-state index contributed by atoms with van der Waals surface area (Å²) in [5.74, 6) is 0.337. The molecule has 232 valence electrons. The summed E-state index contributed by atoms with van der Waals surface area (Å²) in [4.78, 5) is 32.4. The second-order valence-electron chi connectivity index (χ2n) is 13.3. The number of rotatable bonds is 4. The molecule has 1 heterocycles. The SMILES string of the molecule is CC(C)(C)OC(=O)N1CCCN(C(=O)OC(C)(C)C)CCN(Cc2ccccc2)CC(Cc2ccccc2)CNCC1. The highest BCUT2D eigenvalue weighted by molar-refractivity contribution is 5.68. The topological polar surface area (TPSA) is 74.3 Å². The zero-order valence-corrected chi connectivity index (χ0v) is 26.6. The van der Waals surface area contributed by atoms with E-state index in [0.717, 1.165) is 32.6 Å². The van der Waals surface area contributed by atoms with E-state index in [4.69, 9.17) is 9.47 Å². The molecule has 2 amide bonds. The molecule has 0 saturated carbocycles. The molecular weight excluding hydrogens is 528 g/mol. The molecule has 8 heteroatoms. The van der Waals surface area contributed by atoms with Gasteiger partial charge in [0.15, 0.2) is 0 Å². The van der Waals surface area contributed by atoms with Crippen molar-refractivity contribution in [1.82, 2.24) is 20.0 Å². The largest absolute Gasteiger partial charge is 0.444 e. The second-order valence-corrected chi connectivity index (χ2v) is 13.3. The quantitative estimate of drug-likeness (QED) is 0.492. The Morgan fingerprint density at radius 3 is 1.81 bits per heavy atom. The molecule has 1 unspecified atom stereocenters. The van der Waals surface area contributed by atoms with E-state index in [-0.39, 0.29) is 12.2 Å². The van der Waals surface area contributed by atoms with E-state index < -0.39 is 11.2 Å². The van der Waals surface area contributed by atoms with E-state index in [0.29, 0.717) is 45.1 Å². The smallest absolute Gasteiger partial charge is 0.410 e. The molecule has 0 aromatic heterocycles. The Morgan fingerprint density at radius 2 is 1.26 bits per heavy atom. The maximum absolute atomic E-state index is 13.3. The van der Waals surface area contributed by atoms with E-state index in [2.05, 4.69) is 58.7 Å². The molecule has 1 aliphatic heterocycles. The molecule has 1 saturated heterocycles. The Balaban J connectivity index is 1.84. The molecule has 0 aliphatic carbocycles. The average Bonchev–Trinajstić information content (AvgIpc) is 2.90. The highest BCUT2D eigenvalue weighted by Gasteiger charge is 2.26. The van der Waals surface area contributed by atoms with Crippen LogP contribution in [0.15, 0.2) is 60.7 Å². The summed E-state index contributed by atoms with van der Waals surface area (Å²) in [6.07, 6.45) is 0.925. The van der Waals surface area contributed by atoms with Crippen LogP contribution in [0.25, 0.3) is 0 Å². The van der Waals surface area contributed by atoms with Gasteiger partial charge in [-0.05, 0) is 78.0 Å². The van der Waals surface area contributed by atoms with Gasteiger partial charge in [-0.25, -0.2) is 9.59 Å². The summed E-state index contributed by atoms with van der Waals surface area (Å²) in [5, 5.41) is 3.63. The van der Waals surface area contributed by atoms with Crippen molar-refractivity contribution < 1.29 is 19.1 Å². The fourth-order valence-corrected chi connectivity index (χ4v) is 5.07. The van der Waals surface area contributed by atoms with Crippen molar-refractivity contribution in [3.8, 4) is 0 Å². The van der Waals surface area contributed by atoms with Crippen molar-refractivity contribution in [2.24, 2.45) is 5.92 Å². The summed E-state index contributed by atoms with van der Waals surface area (Å²) in [6.45, 7) is 17.3. The van der Waals surface area contributed by atoms with Gasteiger partial charge < -0.3 is 24.6 Å². The minimum atomic E-state index is -0.588. The predicted molar refractivity (Wildman–Crippen MR) is 168 cm³/mol. The summed E-state index contributed by atoms with van der Waals surface area (Å²) >= 11 is 0. The molecule has 0 bridgehead atoms.